The summed E-state index contributed by atoms with van der Waals surface area (Å²) >= 11 is 0. The number of hydrogen-bond donors (Lipinski definition) is 1. The molecule has 2 fully saturated rings. The molecule has 1 saturated heterocycles. The summed E-state index contributed by atoms with van der Waals surface area (Å²) in [5, 5.41) is 0. The van der Waals surface area contributed by atoms with Crippen LogP contribution in [0.3, 0.4) is 0 Å². The van der Waals surface area contributed by atoms with Crippen LogP contribution in [0.1, 0.15) is 32.1 Å². The van der Waals surface area contributed by atoms with Crippen molar-refractivity contribution in [1.82, 2.24) is 4.90 Å². The van der Waals surface area contributed by atoms with Crippen LogP contribution in [0, 0.1) is 0 Å². The van der Waals surface area contributed by atoms with Crippen molar-refractivity contribution in [3.05, 3.63) is 0 Å². The first-order valence-electron chi connectivity index (χ1n) is 6.28. The monoisotopic (exact) mass is 246 g/mol. The molecule has 2 N–H and O–H groups in total. The molecular formula is C11H22N2O2S. The van der Waals surface area contributed by atoms with Crippen LogP contribution in [0.4, 0.5) is 0 Å². The minimum absolute atomic E-state index is 0.239. The molecule has 2 rings (SSSR count). The molecular weight excluding hydrogens is 224 g/mol. The van der Waals surface area contributed by atoms with Crippen LogP contribution in [-0.4, -0.2) is 50.0 Å². The Morgan fingerprint density at radius 3 is 2.31 bits per heavy atom. The van der Waals surface area contributed by atoms with Gasteiger partial charge in [-0.1, -0.05) is 19.3 Å². The number of nitrogens with two attached hydrogens (primary N) is 1. The van der Waals surface area contributed by atoms with Crippen molar-refractivity contribution in [2.45, 2.75) is 44.2 Å². The fourth-order valence-electron chi connectivity index (χ4n) is 2.83. The molecule has 0 radical (unpaired) electrons. The summed E-state index contributed by atoms with van der Waals surface area (Å²) in [6.07, 6.45) is 5.97. The Bertz CT molecular complexity index is 315. The molecule has 2 unspecified atom stereocenters. The minimum Gasteiger partial charge on any atom is -0.326 e. The average Bonchev–Trinajstić information content (AvgIpc) is 2.44. The van der Waals surface area contributed by atoms with E-state index < -0.39 is 9.84 Å². The van der Waals surface area contributed by atoms with E-state index in [2.05, 4.69) is 4.90 Å². The highest BCUT2D eigenvalue weighted by Crippen LogP contribution is 2.22. The zero-order valence-corrected chi connectivity index (χ0v) is 10.6. The first-order chi connectivity index (χ1) is 7.58. The van der Waals surface area contributed by atoms with E-state index in [0.717, 1.165) is 12.8 Å². The maximum Gasteiger partial charge on any atom is 0.152 e. The van der Waals surface area contributed by atoms with E-state index in [1.807, 2.05) is 0 Å². The second-order valence-corrected chi connectivity index (χ2v) is 7.36. The van der Waals surface area contributed by atoms with Crippen molar-refractivity contribution in [1.29, 1.82) is 0 Å². The smallest absolute Gasteiger partial charge is 0.152 e. The van der Waals surface area contributed by atoms with Crippen LogP contribution in [0.2, 0.25) is 0 Å². The van der Waals surface area contributed by atoms with E-state index in [1.54, 1.807) is 0 Å². The molecule has 1 aliphatic heterocycles. The molecule has 16 heavy (non-hydrogen) atoms. The summed E-state index contributed by atoms with van der Waals surface area (Å²) in [5.41, 5.74) is 6.19. The number of rotatable bonds is 1. The van der Waals surface area contributed by atoms with Gasteiger partial charge in [-0.15, -0.1) is 0 Å². The van der Waals surface area contributed by atoms with Gasteiger partial charge >= 0.3 is 0 Å². The number of sulfone groups is 1. The Morgan fingerprint density at radius 1 is 1.00 bits per heavy atom. The van der Waals surface area contributed by atoms with E-state index in [1.165, 1.54) is 19.3 Å². The average molecular weight is 246 g/mol. The van der Waals surface area contributed by atoms with Crippen LogP contribution in [-0.2, 0) is 9.84 Å². The topological polar surface area (TPSA) is 63.4 Å². The van der Waals surface area contributed by atoms with Crippen molar-refractivity contribution in [3.63, 3.8) is 0 Å². The van der Waals surface area contributed by atoms with Gasteiger partial charge < -0.3 is 5.73 Å². The van der Waals surface area contributed by atoms with Crippen molar-refractivity contribution < 1.29 is 8.42 Å². The predicted octanol–water partition coefficient (Wildman–Crippen LogP) is 0.377. The molecule has 0 bridgehead atoms. The van der Waals surface area contributed by atoms with Gasteiger partial charge in [0, 0.05) is 25.2 Å². The molecule has 0 aromatic carbocycles. The standard InChI is InChI=1S/C11H22N2O2S/c12-10-4-2-1-3-5-11(10)13-6-8-16(14,15)9-7-13/h10-11H,1-9,12H2. The zero-order chi connectivity index (χ0) is 11.6. The summed E-state index contributed by atoms with van der Waals surface area (Å²) in [4.78, 5) is 2.30. The van der Waals surface area contributed by atoms with Gasteiger partial charge in [0.05, 0.1) is 11.5 Å². The van der Waals surface area contributed by atoms with Gasteiger partial charge in [-0.05, 0) is 12.8 Å². The lowest BCUT2D eigenvalue weighted by atomic mass is 10.0. The molecule has 1 heterocycles. The maximum atomic E-state index is 11.4. The third-order valence-corrected chi connectivity index (χ3v) is 5.49. The summed E-state index contributed by atoms with van der Waals surface area (Å²) in [6.45, 7) is 1.36. The van der Waals surface area contributed by atoms with Crippen molar-refractivity contribution >= 4 is 9.84 Å². The predicted molar refractivity (Wildman–Crippen MR) is 65.1 cm³/mol. The molecule has 1 aliphatic carbocycles. The van der Waals surface area contributed by atoms with E-state index in [9.17, 15) is 8.42 Å². The molecule has 5 heteroatoms. The highest BCUT2D eigenvalue weighted by atomic mass is 32.2. The van der Waals surface area contributed by atoms with Crippen LogP contribution < -0.4 is 5.73 Å². The Hall–Kier alpha value is -0.130. The van der Waals surface area contributed by atoms with E-state index in [4.69, 9.17) is 5.73 Å². The van der Waals surface area contributed by atoms with Crippen LogP contribution in [0.15, 0.2) is 0 Å². The Labute approximate surface area is 98.1 Å². The molecule has 0 aromatic heterocycles. The summed E-state index contributed by atoms with van der Waals surface area (Å²) in [7, 11) is -2.76. The Balaban J connectivity index is 1.96. The molecule has 0 amide bonds. The van der Waals surface area contributed by atoms with Crippen LogP contribution in [0.5, 0.6) is 0 Å². The van der Waals surface area contributed by atoms with Crippen molar-refractivity contribution in [3.8, 4) is 0 Å². The van der Waals surface area contributed by atoms with E-state index >= 15 is 0 Å². The highest BCUT2D eigenvalue weighted by Gasteiger charge is 2.30. The lowest BCUT2D eigenvalue weighted by molar-refractivity contribution is 0.176. The fourth-order valence-corrected chi connectivity index (χ4v) is 4.06. The number of nitrogens with zero attached hydrogens (tertiary/aromatic N) is 1. The quantitative estimate of drug-likeness (QED) is 0.679. The molecule has 94 valence electrons. The van der Waals surface area contributed by atoms with Crippen LogP contribution >= 0.6 is 0 Å². The van der Waals surface area contributed by atoms with Gasteiger partial charge in [0.1, 0.15) is 0 Å². The Morgan fingerprint density at radius 2 is 1.62 bits per heavy atom. The van der Waals surface area contributed by atoms with Gasteiger partial charge in [0.2, 0.25) is 0 Å². The lowest BCUT2D eigenvalue weighted by Gasteiger charge is -2.36. The van der Waals surface area contributed by atoms with Gasteiger partial charge in [-0.25, -0.2) is 8.42 Å². The zero-order valence-electron chi connectivity index (χ0n) is 9.77. The molecule has 0 spiro atoms. The molecule has 2 aliphatic rings. The van der Waals surface area contributed by atoms with Gasteiger partial charge in [0.25, 0.3) is 0 Å². The first kappa shape index (κ1) is 12.3. The van der Waals surface area contributed by atoms with Gasteiger partial charge in [0.15, 0.2) is 9.84 Å². The number of hydrogen-bond acceptors (Lipinski definition) is 4. The minimum atomic E-state index is -2.76. The van der Waals surface area contributed by atoms with E-state index in [-0.39, 0.29) is 6.04 Å². The highest BCUT2D eigenvalue weighted by molar-refractivity contribution is 7.91. The summed E-state index contributed by atoms with van der Waals surface area (Å²) in [6, 6.07) is 0.654. The third-order valence-electron chi connectivity index (χ3n) is 3.88. The second-order valence-electron chi connectivity index (χ2n) is 5.06. The normalized spacial score (nSPS) is 36.8. The SMILES string of the molecule is NC1CCCCCC1N1CCS(=O)(=O)CC1. The Kier molecular flexibility index (Phi) is 3.87. The second kappa shape index (κ2) is 5.02. The van der Waals surface area contributed by atoms with E-state index in [0.29, 0.717) is 30.6 Å². The summed E-state index contributed by atoms with van der Waals surface area (Å²) in [5.74, 6) is 0.631. The van der Waals surface area contributed by atoms with Gasteiger partial charge in [-0.2, -0.15) is 0 Å². The molecule has 0 aromatic rings. The third kappa shape index (κ3) is 2.96. The van der Waals surface area contributed by atoms with Gasteiger partial charge in [-0.3, -0.25) is 4.90 Å². The van der Waals surface area contributed by atoms with Crippen molar-refractivity contribution in [2.75, 3.05) is 24.6 Å². The fraction of sp³-hybridized carbons (Fsp3) is 1.00. The largest absolute Gasteiger partial charge is 0.326 e. The lowest BCUT2D eigenvalue weighted by Crippen LogP contribution is -2.52. The molecule has 1 saturated carbocycles. The molecule has 4 nitrogen and oxygen atoms in total. The first-order valence-corrected chi connectivity index (χ1v) is 8.11. The maximum absolute atomic E-state index is 11.4. The summed E-state index contributed by atoms with van der Waals surface area (Å²) < 4.78 is 22.7. The molecule has 2 atom stereocenters. The van der Waals surface area contributed by atoms with Crippen LogP contribution in [0.25, 0.3) is 0 Å². The van der Waals surface area contributed by atoms with Crippen molar-refractivity contribution in [2.24, 2.45) is 5.73 Å².